The second kappa shape index (κ2) is 6.05. The number of nitrogens with two attached hydrogens (primary N) is 1. The third-order valence-electron chi connectivity index (χ3n) is 1.41. The molecule has 0 aromatic rings. The highest BCUT2D eigenvalue weighted by molar-refractivity contribution is 6.25. The molecule has 0 aromatic heterocycles. The minimum Gasteiger partial charge on any atom is -0.468 e. The smallest absolute Gasteiger partial charge is 0.323 e. The summed E-state index contributed by atoms with van der Waals surface area (Å²) in [7, 11) is 1.22. The molecule has 0 aliphatic rings. The standard InChI is InChI=1S/C7H11N3O3/c1-13-7(12)6(8)3-2-5(11)4-10-9/h4,6H,2-3,8H2,1H3. The van der Waals surface area contributed by atoms with Crippen LogP contribution in [0.3, 0.4) is 0 Å². The van der Waals surface area contributed by atoms with Gasteiger partial charge in [0.05, 0.1) is 7.11 Å². The number of ether oxygens (including phenoxy) is 1. The predicted octanol–water partition coefficient (Wildman–Crippen LogP) is -0.863. The Labute approximate surface area is 75.3 Å². The van der Waals surface area contributed by atoms with Crippen LogP contribution in [0.2, 0.25) is 0 Å². The van der Waals surface area contributed by atoms with Crippen molar-refractivity contribution in [1.82, 2.24) is 0 Å². The van der Waals surface area contributed by atoms with Crippen LogP contribution in [0.15, 0.2) is 0 Å². The number of carbonyl (C=O) groups is 2. The first-order chi connectivity index (χ1) is 6.11. The molecule has 0 spiro atoms. The van der Waals surface area contributed by atoms with Crippen molar-refractivity contribution >= 4 is 18.0 Å². The summed E-state index contributed by atoms with van der Waals surface area (Å²) >= 11 is 0. The summed E-state index contributed by atoms with van der Waals surface area (Å²) in [5.74, 6) is -0.949. The van der Waals surface area contributed by atoms with Gasteiger partial charge in [-0.2, -0.15) is 4.79 Å². The zero-order valence-electron chi connectivity index (χ0n) is 7.27. The molecule has 0 bridgehead atoms. The van der Waals surface area contributed by atoms with Crippen molar-refractivity contribution in [3.8, 4) is 0 Å². The molecule has 1 unspecified atom stereocenters. The SMILES string of the molecule is COC(=O)C(N)CCC(=O)C=[N+]=[N-]. The zero-order valence-corrected chi connectivity index (χ0v) is 7.27. The van der Waals surface area contributed by atoms with E-state index in [4.69, 9.17) is 11.3 Å². The number of rotatable bonds is 5. The summed E-state index contributed by atoms with van der Waals surface area (Å²) in [6, 6.07) is -0.805. The first kappa shape index (κ1) is 11.5. The minimum absolute atomic E-state index is 0.0559. The lowest BCUT2D eigenvalue weighted by Crippen LogP contribution is -2.32. The average Bonchev–Trinajstić information content (AvgIpc) is 2.13. The molecule has 2 N–H and O–H groups in total. The highest BCUT2D eigenvalue weighted by atomic mass is 16.5. The van der Waals surface area contributed by atoms with Crippen LogP contribution in [0.1, 0.15) is 12.8 Å². The van der Waals surface area contributed by atoms with Crippen LogP contribution in [0.5, 0.6) is 0 Å². The van der Waals surface area contributed by atoms with Gasteiger partial charge in [0.25, 0.3) is 0 Å². The topological polar surface area (TPSA) is 106 Å². The van der Waals surface area contributed by atoms with Gasteiger partial charge in [0.1, 0.15) is 6.04 Å². The number of esters is 1. The maximum absolute atomic E-state index is 10.7. The molecule has 0 aliphatic heterocycles. The van der Waals surface area contributed by atoms with E-state index in [0.29, 0.717) is 0 Å². The molecule has 0 heterocycles. The molecule has 0 saturated carbocycles. The van der Waals surface area contributed by atoms with Gasteiger partial charge in [-0.3, -0.25) is 9.59 Å². The van der Waals surface area contributed by atoms with Crippen molar-refractivity contribution in [1.29, 1.82) is 0 Å². The molecule has 0 amide bonds. The Bertz CT molecular complexity index is 245. The van der Waals surface area contributed by atoms with Gasteiger partial charge in [-0.15, -0.1) is 0 Å². The van der Waals surface area contributed by atoms with Crippen LogP contribution in [-0.4, -0.2) is 35.9 Å². The molecule has 1 atom stereocenters. The zero-order chi connectivity index (χ0) is 10.3. The van der Waals surface area contributed by atoms with Gasteiger partial charge < -0.3 is 16.0 Å². The fourth-order valence-corrected chi connectivity index (χ4v) is 0.696. The Morgan fingerprint density at radius 2 is 2.31 bits per heavy atom. The van der Waals surface area contributed by atoms with Crippen molar-refractivity contribution in [3.05, 3.63) is 5.53 Å². The lowest BCUT2D eigenvalue weighted by atomic mass is 10.1. The van der Waals surface area contributed by atoms with Crippen molar-refractivity contribution in [2.24, 2.45) is 5.73 Å². The van der Waals surface area contributed by atoms with Crippen molar-refractivity contribution in [2.45, 2.75) is 18.9 Å². The second-order valence-corrected chi connectivity index (χ2v) is 2.38. The van der Waals surface area contributed by atoms with E-state index in [1.54, 1.807) is 0 Å². The monoisotopic (exact) mass is 185 g/mol. The Hall–Kier alpha value is -1.52. The molecule has 0 fully saturated rings. The van der Waals surface area contributed by atoms with Crippen LogP contribution in [0.25, 0.3) is 5.53 Å². The minimum atomic E-state index is -0.805. The van der Waals surface area contributed by atoms with E-state index in [0.717, 1.165) is 6.21 Å². The molecular formula is C7H11N3O3. The first-order valence-electron chi connectivity index (χ1n) is 3.65. The summed E-state index contributed by atoms with van der Waals surface area (Å²) in [6.45, 7) is 0. The maximum atomic E-state index is 10.7. The number of carbonyl (C=O) groups excluding carboxylic acids is 2. The number of methoxy groups -OCH3 is 1. The van der Waals surface area contributed by atoms with E-state index in [1.807, 2.05) is 0 Å². The average molecular weight is 185 g/mol. The van der Waals surface area contributed by atoms with E-state index in [9.17, 15) is 9.59 Å². The van der Waals surface area contributed by atoms with Gasteiger partial charge in [-0.05, 0) is 6.42 Å². The van der Waals surface area contributed by atoms with Gasteiger partial charge in [0.2, 0.25) is 5.78 Å². The largest absolute Gasteiger partial charge is 0.468 e. The molecule has 13 heavy (non-hydrogen) atoms. The van der Waals surface area contributed by atoms with Gasteiger partial charge in [0.15, 0.2) is 0 Å². The van der Waals surface area contributed by atoms with E-state index in [-0.39, 0.29) is 18.6 Å². The summed E-state index contributed by atoms with van der Waals surface area (Å²) in [4.78, 5) is 24.0. The van der Waals surface area contributed by atoms with Crippen LogP contribution < -0.4 is 5.73 Å². The summed E-state index contributed by atoms with van der Waals surface area (Å²) in [6.07, 6.45) is 1.00. The molecule has 0 rings (SSSR count). The van der Waals surface area contributed by atoms with Gasteiger partial charge in [-0.1, -0.05) is 0 Å². The quantitative estimate of drug-likeness (QED) is 0.260. The van der Waals surface area contributed by atoms with Crippen molar-refractivity contribution < 1.29 is 19.1 Å². The van der Waals surface area contributed by atoms with Crippen LogP contribution in [-0.2, 0) is 14.3 Å². The molecule has 0 aromatic carbocycles. The highest BCUT2D eigenvalue weighted by Crippen LogP contribution is 1.96. The summed E-state index contributed by atoms with van der Waals surface area (Å²) in [5, 5.41) is 0. The number of hydrogen-bond donors (Lipinski definition) is 1. The lowest BCUT2D eigenvalue weighted by molar-refractivity contribution is -0.142. The fourth-order valence-electron chi connectivity index (χ4n) is 0.696. The molecule has 0 radical (unpaired) electrons. The predicted molar refractivity (Wildman–Crippen MR) is 43.9 cm³/mol. The summed E-state index contributed by atoms with van der Waals surface area (Å²) in [5.41, 5.74) is 13.3. The van der Waals surface area contributed by atoms with Crippen molar-refractivity contribution in [3.63, 3.8) is 0 Å². The summed E-state index contributed by atoms with van der Waals surface area (Å²) < 4.78 is 4.35. The second-order valence-electron chi connectivity index (χ2n) is 2.38. The van der Waals surface area contributed by atoms with Gasteiger partial charge in [-0.25, -0.2) is 0 Å². The van der Waals surface area contributed by atoms with Crippen molar-refractivity contribution in [2.75, 3.05) is 7.11 Å². The van der Waals surface area contributed by atoms with Crippen LogP contribution in [0.4, 0.5) is 0 Å². The van der Waals surface area contributed by atoms with Crippen LogP contribution in [0, 0.1) is 0 Å². The lowest BCUT2D eigenvalue weighted by Gasteiger charge is -2.05. The number of ketones is 1. The third kappa shape index (κ3) is 4.84. The highest BCUT2D eigenvalue weighted by Gasteiger charge is 2.15. The maximum Gasteiger partial charge on any atom is 0.323 e. The van der Waals surface area contributed by atoms with E-state index < -0.39 is 12.0 Å². The molecule has 0 saturated heterocycles. The Balaban J connectivity index is 3.82. The number of hydrogen-bond acceptors (Lipinski definition) is 4. The molecule has 6 nitrogen and oxygen atoms in total. The fraction of sp³-hybridized carbons (Fsp3) is 0.571. The molecule has 72 valence electrons. The van der Waals surface area contributed by atoms with Gasteiger partial charge in [0, 0.05) is 6.42 Å². The normalized spacial score (nSPS) is 11.2. The Kier molecular flexibility index (Phi) is 5.34. The Morgan fingerprint density at radius 3 is 2.77 bits per heavy atom. The van der Waals surface area contributed by atoms with Gasteiger partial charge >= 0.3 is 12.2 Å². The first-order valence-corrected chi connectivity index (χ1v) is 3.65. The molecular weight excluding hydrogens is 174 g/mol. The Morgan fingerprint density at radius 1 is 1.69 bits per heavy atom. The number of nitrogens with zero attached hydrogens (tertiary/aromatic N) is 2. The molecule has 0 aliphatic carbocycles. The third-order valence-corrected chi connectivity index (χ3v) is 1.41. The van der Waals surface area contributed by atoms with E-state index in [2.05, 4.69) is 9.53 Å². The number of Topliss-reactive ketones (excluding diaryl/α,β-unsaturated/α-hetero) is 1. The van der Waals surface area contributed by atoms with E-state index >= 15 is 0 Å². The van der Waals surface area contributed by atoms with Crippen LogP contribution >= 0.6 is 0 Å². The van der Waals surface area contributed by atoms with E-state index in [1.165, 1.54) is 7.11 Å². The molecule has 6 heteroatoms.